The number of amides is 2. The molecule has 5 heteroatoms. The van der Waals surface area contributed by atoms with Gasteiger partial charge in [0.25, 0.3) is 5.91 Å². The molecule has 3 rings (SSSR count). The average Bonchev–Trinajstić information content (AvgIpc) is 3.08. The first kappa shape index (κ1) is 14.4. The first-order valence-electron chi connectivity index (χ1n) is 7.35. The van der Waals surface area contributed by atoms with Crippen molar-refractivity contribution < 1.29 is 14.0 Å². The van der Waals surface area contributed by atoms with E-state index < -0.39 is 6.04 Å². The molecule has 1 aromatic carbocycles. The van der Waals surface area contributed by atoms with E-state index >= 15 is 0 Å². The first-order chi connectivity index (χ1) is 10.6. The first-order valence-corrected chi connectivity index (χ1v) is 7.35. The Morgan fingerprint density at radius 1 is 1.18 bits per heavy atom. The Bertz CT molecular complexity index is 679. The number of rotatable bonds is 3. The highest BCUT2D eigenvalue weighted by Gasteiger charge is 2.26. The van der Waals surface area contributed by atoms with Gasteiger partial charge < -0.3 is 14.6 Å². The van der Waals surface area contributed by atoms with Crippen molar-refractivity contribution in [3.63, 3.8) is 0 Å². The lowest BCUT2D eigenvalue weighted by Gasteiger charge is -2.31. The van der Waals surface area contributed by atoms with Gasteiger partial charge in [-0.05, 0) is 36.6 Å². The molecule has 5 nitrogen and oxygen atoms in total. The molecule has 0 fully saturated rings. The molecule has 22 heavy (non-hydrogen) atoms. The summed E-state index contributed by atoms with van der Waals surface area (Å²) in [5.41, 5.74) is 2.46. The normalized spacial score (nSPS) is 15.0. The van der Waals surface area contributed by atoms with Crippen LogP contribution in [0.3, 0.4) is 0 Å². The minimum absolute atomic E-state index is 0.0746. The van der Waals surface area contributed by atoms with Crippen LogP contribution in [0.1, 0.15) is 28.6 Å². The number of benzene rings is 1. The van der Waals surface area contributed by atoms with Gasteiger partial charge in [-0.25, -0.2) is 0 Å². The SMILES string of the molecule is C[C@H](NC(=O)c1ccco1)C(=O)N1CCc2ccccc2C1. The summed E-state index contributed by atoms with van der Waals surface area (Å²) < 4.78 is 5.03. The Morgan fingerprint density at radius 2 is 1.95 bits per heavy atom. The average molecular weight is 298 g/mol. The van der Waals surface area contributed by atoms with Gasteiger partial charge in [-0.2, -0.15) is 0 Å². The van der Waals surface area contributed by atoms with Gasteiger partial charge in [0, 0.05) is 13.1 Å². The molecule has 2 amide bonds. The molecule has 0 saturated heterocycles. The number of hydrogen-bond acceptors (Lipinski definition) is 3. The Kier molecular flexibility index (Phi) is 3.96. The molecule has 1 aliphatic rings. The summed E-state index contributed by atoms with van der Waals surface area (Å²) in [5, 5.41) is 2.68. The van der Waals surface area contributed by atoms with Crippen LogP contribution in [0.2, 0.25) is 0 Å². The van der Waals surface area contributed by atoms with E-state index in [-0.39, 0.29) is 17.6 Å². The molecule has 0 aliphatic carbocycles. The van der Waals surface area contributed by atoms with Gasteiger partial charge >= 0.3 is 0 Å². The molecule has 2 aromatic rings. The van der Waals surface area contributed by atoms with Crippen LogP contribution in [0.4, 0.5) is 0 Å². The molecule has 0 unspecified atom stereocenters. The summed E-state index contributed by atoms with van der Waals surface area (Å²) in [4.78, 5) is 26.2. The lowest BCUT2D eigenvalue weighted by atomic mass is 9.99. The number of carbonyl (C=O) groups is 2. The summed E-state index contributed by atoms with van der Waals surface area (Å²) in [5.74, 6) is -0.235. The topological polar surface area (TPSA) is 62.6 Å². The van der Waals surface area contributed by atoms with Gasteiger partial charge in [0.2, 0.25) is 5.91 Å². The summed E-state index contributed by atoms with van der Waals surface area (Å²) >= 11 is 0. The van der Waals surface area contributed by atoms with E-state index in [0.29, 0.717) is 13.1 Å². The standard InChI is InChI=1S/C17H18N2O3/c1-12(18-16(20)15-7-4-10-22-15)17(21)19-9-8-13-5-2-3-6-14(13)11-19/h2-7,10,12H,8-9,11H2,1H3,(H,18,20)/t12-/m0/s1. The molecule has 2 heterocycles. The predicted molar refractivity (Wildman–Crippen MR) is 81.2 cm³/mol. The van der Waals surface area contributed by atoms with Crippen LogP contribution in [-0.4, -0.2) is 29.3 Å². The largest absolute Gasteiger partial charge is 0.459 e. The maximum Gasteiger partial charge on any atom is 0.287 e. The van der Waals surface area contributed by atoms with Crippen molar-refractivity contribution in [2.75, 3.05) is 6.54 Å². The van der Waals surface area contributed by atoms with Crippen LogP contribution in [0.25, 0.3) is 0 Å². The predicted octanol–water partition coefficient (Wildman–Crippen LogP) is 1.98. The molecule has 1 N–H and O–H groups in total. The highest BCUT2D eigenvalue weighted by molar-refractivity contribution is 5.95. The van der Waals surface area contributed by atoms with Crippen LogP contribution in [-0.2, 0) is 17.8 Å². The van der Waals surface area contributed by atoms with Gasteiger partial charge in [0.15, 0.2) is 5.76 Å². The number of carbonyl (C=O) groups excluding carboxylic acids is 2. The zero-order valence-electron chi connectivity index (χ0n) is 12.4. The molecule has 0 spiro atoms. The second kappa shape index (κ2) is 6.05. The highest BCUT2D eigenvalue weighted by Crippen LogP contribution is 2.19. The molecule has 1 aromatic heterocycles. The Labute approximate surface area is 128 Å². The van der Waals surface area contributed by atoms with Gasteiger partial charge in [-0.15, -0.1) is 0 Å². The van der Waals surface area contributed by atoms with Crippen LogP contribution in [0, 0.1) is 0 Å². The zero-order chi connectivity index (χ0) is 15.5. The van der Waals surface area contributed by atoms with E-state index in [1.807, 2.05) is 18.2 Å². The number of furan rings is 1. The number of nitrogens with zero attached hydrogens (tertiary/aromatic N) is 1. The third-order valence-electron chi connectivity index (χ3n) is 3.91. The Balaban J connectivity index is 1.63. The maximum absolute atomic E-state index is 12.5. The van der Waals surface area contributed by atoms with Crippen molar-refractivity contribution in [3.8, 4) is 0 Å². The van der Waals surface area contributed by atoms with Crippen LogP contribution >= 0.6 is 0 Å². The summed E-state index contributed by atoms with van der Waals surface area (Å²) in [6.45, 7) is 2.97. The smallest absolute Gasteiger partial charge is 0.287 e. The quantitative estimate of drug-likeness (QED) is 0.942. The summed E-state index contributed by atoms with van der Waals surface area (Å²) in [6.07, 6.45) is 2.28. The molecule has 114 valence electrons. The van der Waals surface area contributed by atoms with Crippen LogP contribution in [0.15, 0.2) is 47.1 Å². The van der Waals surface area contributed by atoms with E-state index in [9.17, 15) is 9.59 Å². The van der Waals surface area contributed by atoms with Crippen molar-refractivity contribution in [2.45, 2.75) is 25.9 Å². The zero-order valence-corrected chi connectivity index (χ0v) is 12.4. The third-order valence-corrected chi connectivity index (χ3v) is 3.91. The van der Waals surface area contributed by atoms with Crippen molar-refractivity contribution in [2.24, 2.45) is 0 Å². The van der Waals surface area contributed by atoms with E-state index in [4.69, 9.17) is 4.42 Å². The monoisotopic (exact) mass is 298 g/mol. The molecule has 1 atom stereocenters. The molecule has 0 saturated carbocycles. The minimum atomic E-state index is -0.581. The fraction of sp³-hybridized carbons (Fsp3) is 0.294. The van der Waals surface area contributed by atoms with E-state index in [1.165, 1.54) is 17.4 Å². The molecular weight excluding hydrogens is 280 g/mol. The van der Waals surface area contributed by atoms with Gasteiger partial charge in [-0.1, -0.05) is 24.3 Å². The number of fused-ring (bicyclic) bond motifs is 1. The van der Waals surface area contributed by atoms with E-state index in [1.54, 1.807) is 24.0 Å². The second-order valence-electron chi connectivity index (χ2n) is 5.45. The highest BCUT2D eigenvalue weighted by atomic mass is 16.3. The second-order valence-corrected chi connectivity index (χ2v) is 5.45. The maximum atomic E-state index is 12.5. The molecule has 0 radical (unpaired) electrons. The number of hydrogen-bond donors (Lipinski definition) is 1. The number of nitrogens with one attached hydrogen (secondary N) is 1. The van der Waals surface area contributed by atoms with Crippen molar-refractivity contribution in [1.82, 2.24) is 10.2 Å². The van der Waals surface area contributed by atoms with Crippen molar-refractivity contribution >= 4 is 11.8 Å². The van der Waals surface area contributed by atoms with E-state index in [0.717, 1.165) is 6.42 Å². The lowest BCUT2D eigenvalue weighted by molar-refractivity contribution is -0.133. The minimum Gasteiger partial charge on any atom is -0.459 e. The van der Waals surface area contributed by atoms with Gasteiger partial charge in [0.05, 0.1) is 6.26 Å². The fourth-order valence-corrected chi connectivity index (χ4v) is 2.69. The molecule has 0 bridgehead atoms. The fourth-order valence-electron chi connectivity index (χ4n) is 2.69. The van der Waals surface area contributed by atoms with Crippen molar-refractivity contribution in [1.29, 1.82) is 0 Å². The summed E-state index contributed by atoms with van der Waals surface area (Å²) in [7, 11) is 0. The Morgan fingerprint density at radius 3 is 2.68 bits per heavy atom. The Hall–Kier alpha value is -2.56. The molecule has 1 aliphatic heterocycles. The van der Waals surface area contributed by atoms with Gasteiger partial charge in [-0.3, -0.25) is 9.59 Å². The van der Waals surface area contributed by atoms with E-state index in [2.05, 4.69) is 11.4 Å². The molecular formula is C17H18N2O3. The third kappa shape index (κ3) is 2.88. The van der Waals surface area contributed by atoms with Gasteiger partial charge in [0.1, 0.15) is 6.04 Å². The van der Waals surface area contributed by atoms with Crippen LogP contribution < -0.4 is 5.32 Å². The lowest BCUT2D eigenvalue weighted by Crippen LogP contribution is -2.48. The summed E-state index contributed by atoms with van der Waals surface area (Å²) in [6, 6.07) is 10.8. The van der Waals surface area contributed by atoms with Crippen LogP contribution in [0.5, 0.6) is 0 Å². The van der Waals surface area contributed by atoms with Crippen molar-refractivity contribution in [3.05, 3.63) is 59.5 Å².